The monoisotopic (exact) mass is 327 g/mol. The van der Waals surface area contributed by atoms with Crippen LogP contribution in [0.3, 0.4) is 0 Å². The van der Waals surface area contributed by atoms with Crippen molar-refractivity contribution in [3.8, 4) is 11.3 Å². The number of ether oxygens (including phenoxy) is 1. The molecule has 1 aromatic carbocycles. The highest BCUT2D eigenvalue weighted by molar-refractivity contribution is 7.09. The summed E-state index contributed by atoms with van der Waals surface area (Å²) in [5.41, 5.74) is 3.54. The molecule has 3 heterocycles. The van der Waals surface area contributed by atoms with Gasteiger partial charge in [-0.25, -0.2) is 9.78 Å². The van der Waals surface area contributed by atoms with Gasteiger partial charge in [0.2, 0.25) is 0 Å². The van der Waals surface area contributed by atoms with Crippen molar-refractivity contribution in [1.82, 2.24) is 14.5 Å². The lowest BCUT2D eigenvalue weighted by molar-refractivity contribution is 0.134. The number of fused-ring (bicyclic) bond motifs is 1. The van der Waals surface area contributed by atoms with E-state index in [0.717, 1.165) is 16.3 Å². The highest BCUT2D eigenvalue weighted by Crippen LogP contribution is 2.27. The third kappa shape index (κ3) is 2.76. The lowest BCUT2D eigenvalue weighted by Crippen LogP contribution is -2.28. The third-order valence-electron chi connectivity index (χ3n) is 3.77. The Kier molecular flexibility index (Phi) is 3.44. The van der Waals surface area contributed by atoms with Crippen molar-refractivity contribution < 1.29 is 4.74 Å². The van der Waals surface area contributed by atoms with Crippen LogP contribution < -0.4 is 11.2 Å². The van der Waals surface area contributed by atoms with Gasteiger partial charge in [0.1, 0.15) is 5.01 Å². The van der Waals surface area contributed by atoms with E-state index in [4.69, 9.17) is 4.74 Å². The minimum Gasteiger partial charge on any atom is -0.372 e. The van der Waals surface area contributed by atoms with Crippen LogP contribution in [0.25, 0.3) is 11.3 Å². The fourth-order valence-electron chi connectivity index (χ4n) is 2.56. The van der Waals surface area contributed by atoms with Gasteiger partial charge in [0.15, 0.2) is 0 Å². The first-order valence-electron chi connectivity index (χ1n) is 7.13. The number of nitrogens with zero attached hydrogens (tertiary/aromatic N) is 2. The predicted molar refractivity (Wildman–Crippen MR) is 86.5 cm³/mol. The molecule has 0 spiro atoms. The lowest BCUT2D eigenvalue weighted by Gasteiger charge is -2.02. The van der Waals surface area contributed by atoms with Gasteiger partial charge < -0.3 is 4.74 Å². The normalized spacial score (nSPS) is 13.2. The number of thiazole rings is 1. The van der Waals surface area contributed by atoms with E-state index in [1.807, 2.05) is 11.4 Å². The van der Waals surface area contributed by atoms with Crippen molar-refractivity contribution in [2.75, 3.05) is 0 Å². The zero-order valence-corrected chi connectivity index (χ0v) is 12.9. The fourth-order valence-corrected chi connectivity index (χ4v) is 3.36. The minimum atomic E-state index is -0.427. The molecular formula is C16H13N3O3S. The summed E-state index contributed by atoms with van der Waals surface area (Å²) in [6.07, 6.45) is 1.48. The van der Waals surface area contributed by atoms with E-state index in [1.165, 1.54) is 39.3 Å². The number of nitrogens with one attached hydrogen (secondary N) is 1. The maximum Gasteiger partial charge on any atom is 0.328 e. The van der Waals surface area contributed by atoms with Crippen LogP contribution in [0, 0.1) is 0 Å². The molecule has 0 bridgehead atoms. The van der Waals surface area contributed by atoms with Gasteiger partial charge in [-0.1, -0.05) is 12.1 Å². The van der Waals surface area contributed by atoms with Crippen LogP contribution in [0.4, 0.5) is 0 Å². The van der Waals surface area contributed by atoms with Crippen molar-refractivity contribution in [3.05, 3.63) is 72.8 Å². The highest BCUT2D eigenvalue weighted by Gasteiger charge is 2.13. The van der Waals surface area contributed by atoms with Gasteiger partial charge in [0.05, 0.1) is 25.5 Å². The molecule has 0 fully saturated rings. The maximum absolute atomic E-state index is 11.7. The second-order valence-electron chi connectivity index (χ2n) is 5.34. The zero-order valence-electron chi connectivity index (χ0n) is 12.1. The quantitative estimate of drug-likeness (QED) is 0.795. The molecule has 23 heavy (non-hydrogen) atoms. The average Bonchev–Trinajstić information content (AvgIpc) is 3.18. The molecular weight excluding hydrogens is 314 g/mol. The molecule has 0 unspecified atom stereocenters. The van der Waals surface area contributed by atoms with Crippen molar-refractivity contribution >= 4 is 11.3 Å². The summed E-state index contributed by atoms with van der Waals surface area (Å²) >= 11 is 1.49. The van der Waals surface area contributed by atoms with Gasteiger partial charge >= 0.3 is 5.69 Å². The van der Waals surface area contributed by atoms with Crippen LogP contribution in [0.15, 0.2) is 45.4 Å². The van der Waals surface area contributed by atoms with E-state index in [9.17, 15) is 9.59 Å². The second kappa shape index (κ2) is 5.60. The molecule has 0 saturated carbocycles. The number of rotatable bonds is 3. The summed E-state index contributed by atoms with van der Waals surface area (Å²) in [6.45, 7) is 1.66. The van der Waals surface area contributed by atoms with Crippen molar-refractivity contribution in [3.63, 3.8) is 0 Å². The zero-order chi connectivity index (χ0) is 15.8. The van der Waals surface area contributed by atoms with E-state index in [-0.39, 0.29) is 0 Å². The molecule has 0 saturated heterocycles. The topological polar surface area (TPSA) is 77.0 Å². The molecule has 0 amide bonds. The van der Waals surface area contributed by atoms with E-state index >= 15 is 0 Å². The molecule has 6 nitrogen and oxygen atoms in total. The Morgan fingerprint density at radius 2 is 2.09 bits per heavy atom. The molecule has 116 valence electrons. The summed E-state index contributed by atoms with van der Waals surface area (Å²) in [5, 5.41) is 2.79. The van der Waals surface area contributed by atoms with E-state index in [1.54, 1.807) is 0 Å². The third-order valence-corrected chi connectivity index (χ3v) is 4.60. The van der Waals surface area contributed by atoms with Crippen LogP contribution in [0.1, 0.15) is 16.1 Å². The van der Waals surface area contributed by atoms with Crippen LogP contribution in [-0.2, 0) is 24.5 Å². The van der Waals surface area contributed by atoms with E-state index in [2.05, 4.69) is 22.1 Å². The Bertz CT molecular complexity index is 986. The minimum absolute atomic E-state index is 0.342. The molecule has 0 radical (unpaired) electrons. The number of benzene rings is 1. The molecule has 0 atom stereocenters. The first-order valence-corrected chi connectivity index (χ1v) is 8.01. The number of aromatic nitrogens is 3. The Balaban J connectivity index is 1.61. The smallest absolute Gasteiger partial charge is 0.328 e. The highest BCUT2D eigenvalue weighted by atomic mass is 32.1. The number of aromatic amines is 1. The Morgan fingerprint density at radius 3 is 2.96 bits per heavy atom. The number of hydrogen-bond donors (Lipinski definition) is 1. The molecule has 2 aromatic heterocycles. The predicted octanol–water partition coefficient (Wildman–Crippen LogP) is 1.74. The van der Waals surface area contributed by atoms with E-state index < -0.39 is 11.2 Å². The van der Waals surface area contributed by atoms with Crippen LogP contribution >= 0.6 is 11.3 Å². The molecule has 7 heteroatoms. The molecule has 0 aliphatic carbocycles. The number of H-pyrrole nitrogens is 1. The first-order chi connectivity index (χ1) is 11.2. The summed E-state index contributed by atoms with van der Waals surface area (Å²) in [7, 11) is 0. The molecule has 1 aliphatic rings. The van der Waals surface area contributed by atoms with Crippen molar-refractivity contribution in [1.29, 1.82) is 0 Å². The Hall–Kier alpha value is -2.51. The molecule has 1 aliphatic heterocycles. The first kappa shape index (κ1) is 14.1. The van der Waals surface area contributed by atoms with Crippen molar-refractivity contribution in [2.45, 2.75) is 19.8 Å². The van der Waals surface area contributed by atoms with Gasteiger partial charge in [-0.15, -0.1) is 11.3 Å². The molecule has 3 aromatic rings. The molecule has 1 N–H and O–H groups in total. The fraction of sp³-hybridized carbons (Fsp3) is 0.188. The van der Waals surface area contributed by atoms with Crippen LogP contribution in [0.5, 0.6) is 0 Å². The summed E-state index contributed by atoms with van der Waals surface area (Å²) in [6, 6.07) is 7.55. The van der Waals surface area contributed by atoms with Gasteiger partial charge in [-0.2, -0.15) is 0 Å². The SMILES string of the molecule is O=c1ccn(Cc2nc(-c3ccc4c(c3)COC4)cs2)c(=O)[nH]1. The molecule has 4 rings (SSSR count). The average molecular weight is 327 g/mol. The standard InChI is InChI=1S/C16H13N3O3S/c20-14-3-4-19(16(21)18-14)6-15-17-13(9-23-15)10-1-2-11-7-22-8-12(11)5-10/h1-5,9H,6-8H2,(H,18,20,21). The Morgan fingerprint density at radius 1 is 1.22 bits per heavy atom. The summed E-state index contributed by atoms with van der Waals surface area (Å²) < 4.78 is 6.86. The maximum atomic E-state index is 11.7. The van der Waals surface area contributed by atoms with Gasteiger partial charge in [-0.05, 0) is 17.2 Å². The Labute approximate surface area is 135 Å². The van der Waals surface area contributed by atoms with Crippen molar-refractivity contribution in [2.24, 2.45) is 0 Å². The summed E-state index contributed by atoms with van der Waals surface area (Å²) in [5.74, 6) is 0. The van der Waals surface area contributed by atoms with Gasteiger partial charge in [0.25, 0.3) is 5.56 Å². The van der Waals surface area contributed by atoms with E-state index in [0.29, 0.717) is 19.8 Å². The second-order valence-corrected chi connectivity index (χ2v) is 6.28. The number of hydrogen-bond acceptors (Lipinski definition) is 5. The van der Waals surface area contributed by atoms with Gasteiger partial charge in [0, 0.05) is 23.2 Å². The lowest BCUT2D eigenvalue weighted by atomic mass is 10.1. The van der Waals surface area contributed by atoms with Gasteiger partial charge in [-0.3, -0.25) is 14.3 Å². The summed E-state index contributed by atoms with van der Waals surface area (Å²) in [4.78, 5) is 29.6. The largest absolute Gasteiger partial charge is 0.372 e. The van der Waals surface area contributed by atoms with Crippen LogP contribution in [0.2, 0.25) is 0 Å². The van der Waals surface area contributed by atoms with Crippen LogP contribution in [-0.4, -0.2) is 14.5 Å².